The van der Waals surface area contributed by atoms with Crippen LogP contribution in [-0.2, 0) is 11.3 Å². The molecule has 3 rings (SSSR count). The molecule has 8 heteroatoms. The molecule has 0 fully saturated rings. The van der Waals surface area contributed by atoms with Gasteiger partial charge in [0, 0.05) is 50.9 Å². The lowest BCUT2D eigenvalue weighted by atomic mass is 10.1. The first-order valence-electron chi connectivity index (χ1n) is 9.49. The topological polar surface area (TPSA) is 96.5 Å². The number of ether oxygens (including phenoxy) is 1. The maximum atomic E-state index is 9.08. The zero-order valence-corrected chi connectivity index (χ0v) is 16.4. The van der Waals surface area contributed by atoms with Crippen molar-refractivity contribution in [2.24, 2.45) is 0 Å². The Labute approximate surface area is 164 Å². The Balaban J connectivity index is 1.96. The number of benzene rings is 1. The minimum absolute atomic E-state index is 0.148. The van der Waals surface area contributed by atoms with Gasteiger partial charge in [0.15, 0.2) is 5.52 Å². The van der Waals surface area contributed by atoms with Crippen molar-refractivity contribution in [2.45, 2.75) is 26.3 Å². The maximum Gasteiger partial charge on any atom is 0.158 e. The molecule has 0 saturated carbocycles. The number of anilines is 2. The fourth-order valence-corrected chi connectivity index (χ4v) is 3.14. The zero-order chi connectivity index (χ0) is 19.8. The lowest BCUT2D eigenvalue weighted by Gasteiger charge is -2.26. The van der Waals surface area contributed by atoms with E-state index in [1.54, 1.807) is 13.3 Å². The molecule has 0 bridgehead atoms. The van der Waals surface area contributed by atoms with Gasteiger partial charge in [-0.25, -0.2) is 4.63 Å². The van der Waals surface area contributed by atoms with Crippen LogP contribution in [0.1, 0.15) is 24.1 Å². The van der Waals surface area contributed by atoms with Crippen LogP contribution in [-0.4, -0.2) is 53.8 Å². The van der Waals surface area contributed by atoms with Crippen molar-refractivity contribution < 1.29 is 14.5 Å². The second-order valence-electron chi connectivity index (χ2n) is 6.62. The molecule has 0 amide bonds. The molecule has 2 N–H and O–H groups in total. The van der Waals surface area contributed by atoms with E-state index in [4.69, 9.17) is 14.5 Å². The molecular weight excluding hydrogens is 358 g/mol. The van der Waals surface area contributed by atoms with Crippen LogP contribution in [0.5, 0.6) is 0 Å². The van der Waals surface area contributed by atoms with Crippen molar-refractivity contribution in [1.82, 2.24) is 15.3 Å². The van der Waals surface area contributed by atoms with Gasteiger partial charge in [-0.05, 0) is 48.3 Å². The van der Waals surface area contributed by atoms with E-state index in [9.17, 15) is 0 Å². The Morgan fingerprint density at radius 3 is 2.82 bits per heavy atom. The summed E-state index contributed by atoms with van der Waals surface area (Å²) in [6, 6.07) is 7.98. The van der Waals surface area contributed by atoms with Crippen LogP contribution in [0.3, 0.4) is 0 Å². The number of methoxy groups -OCH3 is 1. The van der Waals surface area contributed by atoms with Gasteiger partial charge < -0.3 is 20.1 Å². The average molecular weight is 385 g/mol. The van der Waals surface area contributed by atoms with Gasteiger partial charge in [-0.2, -0.15) is 0 Å². The summed E-state index contributed by atoms with van der Waals surface area (Å²) < 4.78 is 10.3. The Hall–Kier alpha value is -2.71. The number of fused-ring (bicyclic) bond motifs is 1. The standard InChI is InChI=1S/C20H27N5O3/c1-15-17(22-9-5-11-26)13-18(20-19(15)23-28-24-20)25(10-6-12-27-2)14-16-7-3-4-8-21-16/h3-4,7-8,13,22,26H,5-6,9-12,14H2,1-2H3. The quantitative estimate of drug-likeness (QED) is 0.487. The summed E-state index contributed by atoms with van der Waals surface area (Å²) in [7, 11) is 1.71. The van der Waals surface area contributed by atoms with Crippen molar-refractivity contribution >= 4 is 22.4 Å². The van der Waals surface area contributed by atoms with Gasteiger partial charge in [-0.3, -0.25) is 4.98 Å². The molecule has 3 aromatic rings. The summed E-state index contributed by atoms with van der Waals surface area (Å²) >= 11 is 0. The summed E-state index contributed by atoms with van der Waals surface area (Å²) in [6.07, 6.45) is 3.35. The first kappa shape index (κ1) is 20.0. The molecule has 0 spiro atoms. The second-order valence-corrected chi connectivity index (χ2v) is 6.62. The van der Waals surface area contributed by atoms with Gasteiger partial charge in [-0.15, -0.1) is 0 Å². The van der Waals surface area contributed by atoms with Crippen molar-refractivity contribution in [2.75, 3.05) is 43.6 Å². The highest BCUT2D eigenvalue weighted by molar-refractivity contribution is 5.94. The normalized spacial score (nSPS) is 11.1. The fraction of sp³-hybridized carbons (Fsp3) is 0.450. The summed E-state index contributed by atoms with van der Waals surface area (Å²) in [5.74, 6) is 0. The Kier molecular flexibility index (Phi) is 7.16. The summed E-state index contributed by atoms with van der Waals surface area (Å²) in [6.45, 7) is 4.92. The highest BCUT2D eigenvalue weighted by Crippen LogP contribution is 2.33. The lowest BCUT2D eigenvalue weighted by Crippen LogP contribution is -2.26. The van der Waals surface area contributed by atoms with Crippen molar-refractivity contribution in [3.05, 3.63) is 41.7 Å². The van der Waals surface area contributed by atoms with Crippen LogP contribution in [0, 0.1) is 6.92 Å². The third kappa shape index (κ3) is 4.76. The van der Waals surface area contributed by atoms with E-state index in [0.29, 0.717) is 26.1 Å². The lowest BCUT2D eigenvalue weighted by molar-refractivity contribution is 0.196. The van der Waals surface area contributed by atoms with Gasteiger partial charge in [0.1, 0.15) is 5.52 Å². The minimum atomic E-state index is 0.148. The van der Waals surface area contributed by atoms with Crippen molar-refractivity contribution in [3.8, 4) is 0 Å². The molecule has 0 aliphatic heterocycles. The zero-order valence-electron chi connectivity index (χ0n) is 16.4. The molecule has 0 atom stereocenters. The molecule has 2 aromatic heterocycles. The SMILES string of the molecule is COCCCN(Cc1ccccn1)c1cc(NCCCO)c(C)c2nonc12. The number of aliphatic hydroxyl groups excluding tert-OH is 1. The molecule has 0 aliphatic rings. The highest BCUT2D eigenvalue weighted by atomic mass is 16.6. The number of hydrogen-bond acceptors (Lipinski definition) is 8. The first-order chi connectivity index (χ1) is 13.7. The molecule has 8 nitrogen and oxygen atoms in total. The summed E-state index contributed by atoms with van der Waals surface area (Å²) in [4.78, 5) is 6.69. The predicted molar refractivity (Wildman–Crippen MR) is 109 cm³/mol. The second kappa shape index (κ2) is 10.0. The number of pyridine rings is 1. The highest BCUT2D eigenvalue weighted by Gasteiger charge is 2.19. The predicted octanol–water partition coefficient (Wildman–Crippen LogP) is 2.76. The van der Waals surface area contributed by atoms with E-state index in [0.717, 1.165) is 46.6 Å². The van der Waals surface area contributed by atoms with E-state index in [2.05, 4.69) is 31.6 Å². The maximum absolute atomic E-state index is 9.08. The molecule has 28 heavy (non-hydrogen) atoms. The van der Waals surface area contributed by atoms with Gasteiger partial charge in [0.05, 0.1) is 17.9 Å². The summed E-state index contributed by atoms with van der Waals surface area (Å²) in [5, 5.41) is 20.7. The molecule has 0 saturated heterocycles. The minimum Gasteiger partial charge on any atom is -0.396 e. The largest absolute Gasteiger partial charge is 0.396 e. The molecule has 1 aromatic carbocycles. The molecule has 2 heterocycles. The van der Waals surface area contributed by atoms with E-state index < -0.39 is 0 Å². The van der Waals surface area contributed by atoms with E-state index in [1.165, 1.54) is 0 Å². The van der Waals surface area contributed by atoms with Gasteiger partial charge in [-0.1, -0.05) is 6.07 Å². The van der Waals surface area contributed by atoms with Crippen LogP contribution in [0.4, 0.5) is 11.4 Å². The number of aryl methyl sites for hydroxylation is 1. The number of nitrogens with zero attached hydrogens (tertiary/aromatic N) is 4. The molecular formula is C20H27N5O3. The Morgan fingerprint density at radius 1 is 1.21 bits per heavy atom. The van der Waals surface area contributed by atoms with E-state index >= 15 is 0 Å². The van der Waals surface area contributed by atoms with Crippen molar-refractivity contribution in [3.63, 3.8) is 0 Å². The van der Waals surface area contributed by atoms with E-state index in [-0.39, 0.29) is 6.61 Å². The van der Waals surface area contributed by atoms with Gasteiger partial charge in [0.25, 0.3) is 0 Å². The summed E-state index contributed by atoms with van der Waals surface area (Å²) in [5.41, 5.74) is 5.33. The van der Waals surface area contributed by atoms with Crippen molar-refractivity contribution in [1.29, 1.82) is 0 Å². The van der Waals surface area contributed by atoms with E-state index in [1.807, 2.05) is 25.1 Å². The molecule has 0 radical (unpaired) electrons. The number of hydrogen-bond donors (Lipinski definition) is 2. The Bertz CT molecular complexity index is 869. The monoisotopic (exact) mass is 385 g/mol. The number of rotatable bonds is 11. The van der Waals surface area contributed by atoms with Crippen LogP contribution < -0.4 is 10.2 Å². The average Bonchev–Trinajstić information content (AvgIpc) is 3.20. The number of aromatic nitrogens is 3. The molecule has 0 unspecified atom stereocenters. The van der Waals surface area contributed by atoms with Crippen LogP contribution >= 0.6 is 0 Å². The first-order valence-corrected chi connectivity index (χ1v) is 9.49. The fourth-order valence-electron chi connectivity index (χ4n) is 3.14. The third-order valence-corrected chi connectivity index (χ3v) is 4.62. The Morgan fingerprint density at radius 2 is 2.07 bits per heavy atom. The number of nitrogens with one attached hydrogen (secondary N) is 1. The third-order valence-electron chi connectivity index (χ3n) is 4.62. The molecule has 0 aliphatic carbocycles. The van der Waals surface area contributed by atoms with Gasteiger partial charge >= 0.3 is 0 Å². The van der Waals surface area contributed by atoms with Crippen LogP contribution in [0.2, 0.25) is 0 Å². The van der Waals surface area contributed by atoms with Crippen LogP contribution in [0.15, 0.2) is 35.1 Å². The smallest absolute Gasteiger partial charge is 0.158 e. The number of aliphatic hydroxyl groups is 1. The van der Waals surface area contributed by atoms with Crippen LogP contribution in [0.25, 0.3) is 11.0 Å². The molecule has 150 valence electrons. The van der Waals surface area contributed by atoms with Gasteiger partial charge in [0.2, 0.25) is 0 Å².